The molecule has 1 aromatic rings. The molecule has 0 bridgehead atoms. The van der Waals surface area contributed by atoms with Gasteiger partial charge in [0.1, 0.15) is 5.75 Å². The number of methoxy groups -OCH3 is 1. The van der Waals surface area contributed by atoms with Crippen molar-refractivity contribution >= 4 is 12.4 Å². The number of piperazine rings is 1. The molecule has 0 radical (unpaired) electrons. The zero-order chi connectivity index (χ0) is 14.6. The molecule has 1 aliphatic heterocycles. The molecule has 1 saturated heterocycles. The van der Waals surface area contributed by atoms with Crippen LogP contribution in [0.3, 0.4) is 0 Å². The van der Waals surface area contributed by atoms with Gasteiger partial charge in [-0.05, 0) is 6.07 Å². The highest BCUT2D eigenvalue weighted by Crippen LogP contribution is 2.41. The van der Waals surface area contributed by atoms with Crippen molar-refractivity contribution in [2.24, 2.45) is 5.41 Å². The average molecular weight is 315 g/mol. The van der Waals surface area contributed by atoms with Gasteiger partial charge >= 0.3 is 0 Å². The zero-order valence-electron chi connectivity index (χ0n) is 13.1. The minimum atomic E-state index is -0.216. The summed E-state index contributed by atoms with van der Waals surface area (Å²) in [5.41, 5.74) is 0.947. The highest BCUT2D eigenvalue weighted by molar-refractivity contribution is 5.85. The van der Waals surface area contributed by atoms with Crippen molar-refractivity contribution in [3.63, 3.8) is 0 Å². The maximum atomic E-state index is 9.84. The number of para-hydroxylation sites is 1. The van der Waals surface area contributed by atoms with Crippen molar-refractivity contribution in [1.82, 2.24) is 10.2 Å². The second-order valence-corrected chi connectivity index (χ2v) is 6.08. The van der Waals surface area contributed by atoms with E-state index in [1.54, 1.807) is 7.11 Å². The van der Waals surface area contributed by atoms with Gasteiger partial charge in [-0.15, -0.1) is 12.4 Å². The molecule has 2 rings (SSSR count). The van der Waals surface area contributed by atoms with E-state index in [1.165, 1.54) is 0 Å². The minimum Gasteiger partial charge on any atom is -0.496 e. The van der Waals surface area contributed by atoms with Crippen molar-refractivity contribution in [3.05, 3.63) is 29.8 Å². The van der Waals surface area contributed by atoms with Gasteiger partial charge in [-0.1, -0.05) is 32.0 Å². The topological polar surface area (TPSA) is 44.7 Å². The van der Waals surface area contributed by atoms with Crippen LogP contribution >= 0.6 is 12.4 Å². The van der Waals surface area contributed by atoms with E-state index in [0.717, 1.165) is 37.5 Å². The fraction of sp³-hybridized carbons (Fsp3) is 0.625. The molecule has 1 aliphatic rings. The van der Waals surface area contributed by atoms with Crippen LogP contribution < -0.4 is 10.1 Å². The van der Waals surface area contributed by atoms with Crippen molar-refractivity contribution < 1.29 is 9.84 Å². The third kappa shape index (κ3) is 4.10. The van der Waals surface area contributed by atoms with Gasteiger partial charge in [-0.2, -0.15) is 0 Å². The Labute approximate surface area is 133 Å². The van der Waals surface area contributed by atoms with Crippen molar-refractivity contribution in [1.29, 1.82) is 0 Å². The number of ether oxygens (including phenoxy) is 1. The lowest BCUT2D eigenvalue weighted by Gasteiger charge is -2.43. The number of benzene rings is 1. The van der Waals surface area contributed by atoms with Gasteiger partial charge in [-0.3, -0.25) is 4.90 Å². The molecule has 1 atom stereocenters. The third-order valence-electron chi connectivity index (χ3n) is 4.10. The maximum Gasteiger partial charge on any atom is 0.123 e. The first-order valence-electron chi connectivity index (χ1n) is 7.28. The summed E-state index contributed by atoms with van der Waals surface area (Å²) in [6, 6.07) is 8.30. The molecule has 0 saturated carbocycles. The van der Waals surface area contributed by atoms with Crippen LogP contribution in [0.2, 0.25) is 0 Å². The fourth-order valence-electron chi connectivity index (χ4n) is 3.03. The average Bonchev–Trinajstić information content (AvgIpc) is 2.49. The van der Waals surface area contributed by atoms with E-state index in [9.17, 15) is 5.11 Å². The Kier molecular flexibility index (Phi) is 6.94. The summed E-state index contributed by atoms with van der Waals surface area (Å²) in [5.74, 6) is 0.901. The predicted octanol–water partition coefficient (Wildman–Crippen LogP) is 2.08. The second-order valence-electron chi connectivity index (χ2n) is 6.08. The van der Waals surface area contributed by atoms with Crippen molar-refractivity contribution in [2.45, 2.75) is 19.9 Å². The van der Waals surface area contributed by atoms with E-state index in [0.29, 0.717) is 0 Å². The molecular weight excluding hydrogens is 288 g/mol. The van der Waals surface area contributed by atoms with Crippen LogP contribution in [0.1, 0.15) is 25.5 Å². The molecule has 5 heteroatoms. The summed E-state index contributed by atoms with van der Waals surface area (Å²) >= 11 is 0. The summed E-state index contributed by atoms with van der Waals surface area (Å²) in [4.78, 5) is 2.45. The van der Waals surface area contributed by atoms with E-state index < -0.39 is 0 Å². The van der Waals surface area contributed by atoms with Crippen molar-refractivity contribution in [3.8, 4) is 5.75 Å². The van der Waals surface area contributed by atoms with Crippen LogP contribution in [-0.4, -0.2) is 49.9 Å². The molecule has 1 aromatic carbocycles. The van der Waals surface area contributed by atoms with E-state index in [2.05, 4.69) is 30.1 Å². The minimum absolute atomic E-state index is 0. The van der Waals surface area contributed by atoms with Gasteiger partial charge in [0.2, 0.25) is 0 Å². The molecule has 1 fully saturated rings. The number of rotatable bonds is 5. The first-order valence-corrected chi connectivity index (χ1v) is 7.28. The molecule has 1 heterocycles. The number of nitrogens with zero attached hydrogens (tertiary/aromatic N) is 1. The molecule has 0 aromatic heterocycles. The number of aliphatic hydroxyl groups is 1. The molecular formula is C16H27ClN2O2. The SMILES string of the molecule is COc1ccccc1[C@@H](N1CCNCC1)C(C)(C)CO.Cl. The van der Waals surface area contributed by atoms with Gasteiger partial charge in [0.05, 0.1) is 7.11 Å². The quantitative estimate of drug-likeness (QED) is 0.873. The molecule has 21 heavy (non-hydrogen) atoms. The molecule has 4 nitrogen and oxygen atoms in total. The summed E-state index contributed by atoms with van der Waals surface area (Å²) in [7, 11) is 1.71. The lowest BCUT2D eigenvalue weighted by molar-refractivity contribution is 0.0293. The lowest BCUT2D eigenvalue weighted by atomic mass is 9.79. The van der Waals surface area contributed by atoms with E-state index in [1.807, 2.05) is 18.2 Å². The van der Waals surface area contributed by atoms with Gasteiger partial charge in [0.25, 0.3) is 0 Å². The molecule has 0 spiro atoms. The van der Waals surface area contributed by atoms with Crippen LogP contribution in [0, 0.1) is 5.41 Å². The summed E-state index contributed by atoms with van der Waals surface area (Å²) in [6.45, 7) is 8.36. The maximum absolute atomic E-state index is 9.84. The van der Waals surface area contributed by atoms with Crippen LogP contribution in [0.25, 0.3) is 0 Å². The summed E-state index contributed by atoms with van der Waals surface area (Å²) in [6.07, 6.45) is 0. The Balaban J connectivity index is 0.00000220. The van der Waals surface area contributed by atoms with Crippen LogP contribution in [0.15, 0.2) is 24.3 Å². The molecule has 2 N–H and O–H groups in total. The number of aliphatic hydroxyl groups excluding tert-OH is 1. The number of hydrogen-bond donors (Lipinski definition) is 2. The number of hydrogen-bond acceptors (Lipinski definition) is 4. The Hall–Kier alpha value is -0.810. The largest absolute Gasteiger partial charge is 0.496 e. The van der Waals surface area contributed by atoms with Crippen molar-refractivity contribution in [2.75, 3.05) is 39.9 Å². The standard InChI is InChI=1S/C16H26N2O2.ClH/c1-16(2,12-19)15(18-10-8-17-9-11-18)13-6-4-5-7-14(13)20-3;/h4-7,15,17,19H,8-12H2,1-3H3;1H/t15-;/m1./s1. The first-order chi connectivity index (χ1) is 9.60. The Morgan fingerprint density at radius 1 is 1.29 bits per heavy atom. The monoisotopic (exact) mass is 314 g/mol. The molecule has 0 amide bonds. The molecule has 120 valence electrons. The van der Waals surface area contributed by atoms with Gasteiger partial charge in [-0.25, -0.2) is 0 Å². The Bertz CT molecular complexity index is 434. The van der Waals surface area contributed by atoms with E-state index >= 15 is 0 Å². The Morgan fingerprint density at radius 2 is 1.90 bits per heavy atom. The van der Waals surface area contributed by atoms with Gasteiger partial charge in [0.15, 0.2) is 0 Å². The Morgan fingerprint density at radius 3 is 2.48 bits per heavy atom. The summed E-state index contributed by atoms with van der Waals surface area (Å²) < 4.78 is 5.53. The van der Waals surface area contributed by atoms with Crippen LogP contribution in [0.4, 0.5) is 0 Å². The summed E-state index contributed by atoms with van der Waals surface area (Å²) in [5, 5.41) is 13.2. The fourth-order valence-corrected chi connectivity index (χ4v) is 3.03. The van der Waals surface area contributed by atoms with Crippen LogP contribution in [0.5, 0.6) is 5.75 Å². The molecule has 0 unspecified atom stereocenters. The normalized spacial score (nSPS) is 17.9. The van der Waals surface area contributed by atoms with Gasteiger partial charge in [0, 0.05) is 49.8 Å². The number of halogens is 1. The number of nitrogens with one attached hydrogen (secondary N) is 1. The smallest absolute Gasteiger partial charge is 0.123 e. The predicted molar refractivity (Wildman–Crippen MR) is 88.3 cm³/mol. The highest BCUT2D eigenvalue weighted by Gasteiger charge is 2.37. The lowest BCUT2D eigenvalue weighted by Crippen LogP contribution is -2.49. The van der Waals surface area contributed by atoms with E-state index in [-0.39, 0.29) is 30.5 Å². The van der Waals surface area contributed by atoms with Crippen LogP contribution in [-0.2, 0) is 0 Å². The highest BCUT2D eigenvalue weighted by atomic mass is 35.5. The van der Waals surface area contributed by atoms with Gasteiger partial charge < -0.3 is 15.2 Å². The zero-order valence-corrected chi connectivity index (χ0v) is 13.9. The first kappa shape index (κ1) is 18.2. The molecule has 0 aliphatic carbocycles. The van der Waals surface area contributed by atoms with E-state index in [4.69, 9.17) is 4.74 Å². The second kappa shape index (κ2) is 7.99. The third-order valence-corrected chi connectivity index (χ3v) is 4.10.